The summed E-state index contributed by atoms with van der Waals surface area (Å²) >= 11 is 0. The first-order chi connectivity index (χ1) is 8.79. The van der Waals surface area contributed by atoms with Gasteiger partial charge >= 0.3 is 0 Å². The van der Waals surface area contributed by atoms with Crippen molar-refractivity contribution >= 4 is 5.82 Å². The Bertz CT molecular complexity index is 378. The lowest BCUT2D eigenvalue weighted by Crippen LogP contribution is -2.12. The molecule has 100 valence electrons. The number of nitrogen functional groups attached to an aromatic ring is 1. The van der Waals surface area contributed by atoms with Crippen molar-refractivity contribution in [2.75, 3.05) is 26.1 Å². The Morgan fingerprint density at radius 1 is 1.22 bits per heavy atom. The van der Waals surface area contributed by atoms with E-state index in [1.54, 1.807) is 13.2 Å². The molecule has 1 saturated carbocycles. The van der Waals surface area contributed by atoms with Crippen LogP contribution in [0, 0.1) is 0 Å². The zero-order valence-electron chi connectivity index (χ0n) is 10.9. The Balaban J connectivity index is 2.05. The summed E-state index contributed by atoms with van der Waals surface area (Å²) in [4.78, 5) is 8.80. The number of hydrogen-bond donors (Lipinski definition) is 1. The quantitative estimate of drug-likeness (QED) is 0.812. The van der Waals surface area contributed by atoms with Gasteiger partial charge in [-0.25, -0.2) is 4.98 Å². The molecular formula is C13H21N3O2. The number of methoxy groups -OCH3 is 1. The molecular weight excluding hydrogens is 230 g/mol. The van der Waals surface area contributed by atoms with Crippen LogP contribution in [-0.2, 0) is 4.74 Å². The van der Waals surface area contributed by atoms with Gasteiger partial charge in [-0.3, -0.25) is 0 Å². The molecule has 2 N–H and O–H groups in total. The van der Waals surface area contributed by atoms with E-state index in [9.17, 15) is 0 Å². The molecule has 5 nitrogen and oxygen atoms in total. The van der Waals surface area contributed by atoms with Crippen LogP contribution in [0.3, 0.4) is 0 Å². The Hall–Kier alpha value is -1.36. The minimum absolute atomic E-state index is 0.437. The summed E-state index contributed by atoms with van der Waals surface area (Å²) in [6, 6.07) is 1.67. The Labute approximate surface area is 108 Å². The fraction of sp³-hybridized carbons (Fsp3) is 0.692. The molecule has 0 unspecified atom stereocenters. The van der Waals surface area contributed by atoms with Crippen LogP contribution in [0.15, 0.2) is 6.07 Å². The number of nitrogens with zero attached hydrogens (tertiary/aromatic N) is 2. The topological polar surface area (TPSA) is 70.3 Å². The van der Waals surface area contributed by atoms with E-state index >= 15 is 0 Å². The molecule has 0 bridgehead atoms. The minimum atomic E-state index is 0.437. The van der Waals surface area contributed by atoms with Gasteiger partial charge in [-0.05, 0) is 12.8 Å². The molecule has 0 aliphatic heterocycles. The first-order valence-electron chi connectivity index (χ1n) is 6.56. The molecule has 2 rings (SSSR count). The summed E-state index contributed by atoms with van der Waals surface area (Å²) in [5.41, 5.74) is 5.81. The lowest BCUT2D eigenvalue weighted by molar-refractivity contribution is 0.143. The van der Waals surface area contributed by atoms with E-state index in [1.807, 2.05) is 0 Å². The average Bonchev–Trinajstić information content (AvgIpc) is 2.39. The summed E-state index contributed by atoms with van der Waals surface area (Å²) in [5, 5.41) is 0. The molecule has 0 atom stereocenters. The molecule has 18 heavy (non-hydrogen) atoms. The van der Waals surface area contributed by atoms with E-state index in [-0.39, 0.29) is 0 Å². The van der Waals surface area contributed by atoms with Crippen molar-refractivity contribution in [3.8, 4) is 5.88 Å². The number of nitrogens with two attached hydrogens (primary N) is 1. The maximum atomic E-state index is 5.81. The Morgan fingerprint density at radius 3 is 2.72 bits per heavy atom. The predicted octanol–water partition coefficient (Wildman–Crippen LogP) is 2.13. The van der Waals surface area contributed by atoms with Crippen molar-refractivity contribution < 1.29 is 9.47 Å². The van der Waals surface area contributed by atoms with Crippen LogP contribution in [0.4, 0.5) is 5.82 Å². The maximum absolute atomic E-state index is 5.81. The molecule has 1 aliphatic carbocycles. The average molecular weight is 251 g/mol. The Kier molecular flexibility index (Phi) is 4.75. The van der Waals surface area contributed by atoms with Gasteiger partial charge in [0.1, 0.15) is 18.2 Å². The van der Waals surface area contributed by atoms with E-state index in [4.69, 9.17) is 15.2 Å². The molecule has 1 heterocycles. The van der Waals surface area contributed by atoms with E-state index < -0.39 is 0 Å². The fourth-order valence-electron chi connectivity index (χ4n) is 2.31. The summed E-state index contributed by atoms with van der Waals surface area (Å²) in [5.74, 6) is 2.31. The summed E-state index contributed by atoms with van der Waals surface area (Å²) in [6.07, 6.45) is 6.13. The lowest BCUT2D eigenvalue weighted by atomic mass is 9.89. The van der Waals surface area contributed by atoms with Crippen LogP contribution in [0.1, 0.15) is 43.8 Å². The van der Waals surface area contributed by atoms with Crippen LogP contribution < -0.4 is 10.5 Å². The number of ether oxygens (including phenoxy) is 2. The molecule has 0 spiro atoms. The molecule has 0 radical (unpaired) electrons. The van der Waals surface area contributed by atoms with Gasteiger partial charge in [0.15, 0.2) is 0 Å². The molecule has 1 fully saturated rings. The molecule has 0 saturated heterocycles. The Morgan fingerprint density at radius 2 is 2.00 bits per heavy atom. The van der Waals surface area contributed by atoms with E-state index in [0.29, 0.717) is 30.8 Å². The predicted molar refractivity (Wildman–Crippen MR) is 69.6 cm³/mol. The number of rotatable bonds is 5. The highest BCUT2D eigenvalue weighted by molar-refractivity contribution is 5.33. The number of hydrogen-bond acceptors (Lipinski definition) is 5. The fourth-order valence-corrected chi connectivity index (χ4v) is 2.31. The molecule has 5 heteroatoms. The van der Waals surface area contributed by atoms with Crippen LogP contribution in [0.5, 0.6) is 5.88 Å². The second-order valence-electron chi connectivity index (χ2n) is 4.67. The summed E-state index contributed by atoms with van der Waals surface area (Å²) in [6.45, 7) is 1.03. The van der Waals surface area contributed by atoms with Gasteiger partial charge in [0.05, 0.1) is 6.61 Å². The zero-order valence-corrected chi connectivity index (χ0v) is 10.9. The minimum Gasteiger partial charge on any atom is -0.475 e. The van der Waals surface area contributed by atoms with E-state index in [2.05, 4.69) is 9.97 Å². The third kappa shape index (κ3) is 3.57. The largest absolute Gasteiger partial charge is 0.475 e. The second-order valence-corrected chi connectivity index (χ2v) is 4.67. The standard InChI is InChI=1S/C13H21N3O2/c1-17-7-8-18-12-9-11(14)15-13(16-12)10-5-3-2-4-6-10/h9-10H,2-8H2,1H3,(H2,14,15,16). The summed E-state index contributed by atoms with van der Waals surface area (Å²) < 4.78 is 10.4. The van der Waals surface area contributed by atoms with Gasteiger partial charge in [-0.15, -0.1) is 0 Å². The SMILES string of the molecule is COCCOc1cc(N)nc(C2CCCCC2)n1. The number of anilines is 1. The van der Waals surface area contributed by atoms with Gasteiger partial charge in [-0.1, -0.05) is 19.3 Å². The highest BCUT2D eigenvalue weighted by Crippen LogP contribution is 2.31. The normalized spacial score (nSPS) is 16.7. The smallest absolute Gasteiger partial charge is 0.218 e. The van der Waals surface area contributed by atoms with Gasteiger partial charge in [-0.2, -0.15) is 4.98 Å². The van der Waals surface area contributed by atoms with Crippen molar-refractivity contribution in [1.82, 2.24) is 9.97 Å². The number of aromatic nitrogens is 2. The van der Waals surface area contributed by atoms with Crippen LogP contribution in [0.25, 0.3) is 0 Å². The highest BCUT2D eigenvalue weighted by atomic mass is 16.5. The van der Waals surface area contributed by atoms with Gasteiger partial charge in [0, 0.05) is 19.1 Å². The maximum Gasteiger partial charge on any atom is 0.218 e. The van der Waals surface area contributed by atoms with Gasteiger partial charge in [0.2, 0.25) is 5.88 Å². The van der Waals surface area contributed by atoms with E-state index in [0.717, 1.165) is 18.7 Å². The van der Waals surface area contributed by atoms with Crippen LogP contribution >= 0.6 is 0 Å². The lowest BCUT2D eigenvalue weighted by Gasteiger charge is -2.20. The molecule has 0 amide bonds. The van der Waals surface area contributed by atoms with E-state index in [1.165, 1.54) is 19.3 Å². The van der Waals surface area contributed by atoms with Gasteiger partial charge in [0.25, 0.3) is 0 Å². The summed E-state index contributed by atoms with van der Waals surface area (Å²) in [7, 11) is 1.64. The first kappa shape index (κ1) is 13.1. The molecule has 1 aromatic rings. The van der Waals surface area contributed by atoms with Gasteiger partial charge < -0.3 is 15.2 Å². The van der Waals surface area contributed by atoms with Crippen molar-refractivity contribution in [3.05, 3.63) is 11.9 Å². The van der Waals surface area contributed by atoms with Crippen molar-refractivity contribution in [3.63, 3.8) is 0 Å². The third-order valence-corrected chi connectivity index (χ3v) is 3.25. The zero-order chi connectivity index (χ0) is 12.8. The highest BCUT2D eigenvalue weighted by Gasteiger charge is 2.19. The van der Waals surface area contributed by atoms with Crippen LogP contribution in [0.2, 0.25) is 0 Å². The third-order valence-electron chi connectivity index (χ3n) is 3.25. The van der Waals surface area contributed by atoms with Crippen molar-refractivity contribution in [2.45, 2.75) is 38.0 Å². The van der Waals surface area contributed by atoms with Crippen molar-refractivity contribution in [2.24, 2.45) is 0 Å². The molecule has 0 aromatic carbocycles. The second kappa shape index (κ2) is 6.54. The van der Waals surface area contributed by atoms with Crippen LogP contribution in [-0.4, -0.2) is 30.3 Å². The first-order valence-corrected chi connectivity index (χ1v) is 6.56. The monoisotopic (exact) mass is 251 g/mol. The molecule has 1 aliphatic rings. The van der Waals surface area contributed by atoms with Crippen molar-refractivity contribution in [1.29, 1.82) is 0 Å². The molecule has 1 aromatic heterocycles.